The second kappa shape index (κ2) is 4.32. The lowest BCUT2D eigenvalue weighted by Gasteiger charge is -2.04. The molecule has 1 aromatic heterocycles. The molecule has 0 unspecified atom stereocenters. The monoisotopic (exact) mass is 236 g/mol. The van der Waals surface area contributed by atoms with Gasteiger partial charge in [-0.05, 0) is 12.1 Å². The molecular formula is C11H12N2O4. The Labute approximate surface area is 96.4 Å². The molecule has 1 heterocycles. The Hall–Kier alpha value is -2.24. The molecule has 0 amide bonds. The number of H-pyrrole nitrogens is 1. The fourth-order valence-corrected chi connectivity index (χ4v) is 1.55. The topological polar surface area (TPSA) is 84.3 Å². The minimum Gasteiger partial charge on any atom is -0.493 e. The van der Waals surface area contributed by atoms with Crippen molar-refractivity contribution < 1.29 is 14.6 Å². The Balaban J connectivity index is 2.22. The van der Waals surface area contributed by atoms with Crippen molar-refractivity contribution in [1.82, 2.24) is 9.55 Å². The lowest BCUT2D eigenvalue weighted by molar-refractivity contribution is -0.137. The predicted octanol–water partition coefficient (Wildman–Crippen LogP) is 0.720. The number of aromatic nitrogens is 2. The maximum atomic E-state index is 11.3. The summed E-state index contributed by atoms with van der Waals surface area (Å²) in [6.45, 7) is 0.110. The molecule has 0 saturated heterocycles. The first-order valence-electron chi connectivity index (χ1n) is 5.11. The number of carbonyl (C=O) groups is 1. The summed E-state index contributed by atoms with van der Waals surface area (Å²) in [5, 5.41) is 8.48. The second-order valence-electron chi connectivity index (χ2n) is 3.66. The van der Waals surface area contributed by atoms with E-state index in [9.17, 15) is 9.59 Å². The van der Waals surface area contributed by atoms with E-state index < -0.39 is 5.97 Å². The molecule has 0 spiro atoms. The summed E-state index contributed by atoms with van der Waals surface area (Å²) in [6.07, 6.45) is -0.0515. The van der Waals surface area contributed by atoms with Crippen molar-refractivity contribution in [3.63, 3.8) is 0 Å². The zero-order valence-electron chi connectivity index (χ0n) is 9.27. The number of carboxylic acids is 1. The number of nitrogens with one attached hydrogen (secondary N) is 1. The molecule has 0 fully saturated rings. The van der Waals surface area contributed by atoms with Gasteiger partial charge in [0.05, 0.1) is 24.1 Å². The van der Waals surface area contributed by atoms with E-state index in [0.29, 0.717) is 5.75 Å². The zero-order valence-corrected chi connectivity index (χ0v) is 9.27. The van der Waals surface area contributed by atoms with Crippen LogP contribution >= 0.6 is 0 Å². The maximum Gasteiger partial charge on any atom is 0.326 e. The summed E-state index contributed by atoms with van der Waals surface area (Å²) in [5.41, 5.74) is 1.26. The van der Waals surface area contributed by atoms with Crippen molar-refractivity contribution in [2.45, 2.75) is 6.42 Å². The molecule has 0 aliphatic heterocycles. The molecule has 2 aromatic rings. The van der Waals surface area contributed by atoms with E-state index in [2.05, 4.69) is 4.98 Å². The highest BCUT2D eigenvalue weighted by Gasteiger charge is 2.05. The second-order valence-corrected chi connectivity index (χ2v) is 3.66. The van der Waals surface area contributed by atoms with Crippen LogP contribution in [0.5, 0.6) is 5.75 Å². The molecular weight excluding hydrogens is 224 g/mol. The molecule has 0 atom stereocenters. The molecule has 17 heavy (non-hydrogen) atoms. The summed E-state index contributed by atoms with van der Waals surface area (Å²) < 4.78 is 6.75. The van der Waals surface area contributed by atoms with Gasteiger partial charge in [-0.15, -0.1) is 0 Å². The number of carboxylic acid groups (broad SMARTS) is 1. The fourth-order valence-electron chi connectivity index (χ4n) is 1.55. The Morgan fingerprint density at radius 2 is 2.29 bits per heavy atom. The minimum absolute atomic E-state index is 0.0515. The minimum atomic E-state index is -0.903. The highest BCUT2D eigenvalue weighted by Crippen LogP contribution is 2.18. The molecule has 0 radical (unpaired) electrons. The van der Waals surface area contributed by atoms with Gasteiger partial charge in [-0.1, -0.05) is 0 Å². The van der Waals surface area contributed by atoms with E-state index >= 15 is 0 Å². The van der Waals surface area contributed by atoms with Gasteiger partial charge in [-0.3, -0.25) is 9.36 Å². The number of aryl methyl sites for hydroxylation is 1. The average Bonchev–Trinajstić information content (AvgIpc) is 2.55. The van der Waals surface area contributed by atoms with Crippen LogP contribution in [0.15, 0.2) is 23.0 Å². The van der Waals surface area contributed by atoms with Gasteiger partial charge >= 0.3 is 11.7 Å². The van der Waals surface area contributed by atoms with E-state index in [4.69, 9.17) is 9.84 Å². The largest absolute Gasteiger partial charge is 0.493 e. The summed E-state index contributed by atoms with van der Waals surface area (Å²) in [5.74, 6) is -0.353. The van der Waals surface area contributed by atoms with Crippen molar-refractivity contribution in [3.05, 3.63) is 28.7 Å². The van der Waals surface area contributed by atoms with Crippen molar-refractivity contribution in [3.8, 4) is 5.75 Å². The van der Waals surface area contributed by atoms with Crippen LogP contribution in [0.3, 0.4) is 0 Å². The highest BCUT2D eigenvalue weighted by molar-refractivity contribution is 5.76. The Morgan fingerprint density at radius 1 is 1.53 bits per heavy atom. The summed E-state index contributed by atoms with van der Waals surface area (Å²) >= 11 is 0. The summed E-state index contributed by atoms with van der Waals surface area (Å²) in [7, 11) is 1.65. The van der Waals surface area contributed by atoms with E-state index in [1.165, 1.54) is 4.57 Å². The molecule has 2 rings (SSSR count). The van der Waals surface area contributed by atoms with Gasteiger partial charge in [0.1, 0.15) is 5.75 Å². The average molecular weight is 236 g/mol. The first-order chi connectivity index (χ1) is 8.08. The fraction of sp³-hybridized carbons (Fsp3) is 0.273. The number of nitrogens with zero attached hydrogens (tertiary/aromatic N) is 1. The number of hydrogen-bond donors (Lipinski definition) is 2. The van der Waals surface area contributed by atoms with Crippen molar-refractivity contribution in [2.24, 2.45) is 7.05 Å². The molecule has 6 heteroatoms. The van der Waals surface area contributed by atoms with Crippen LogP contribution < -0.4 is 10.4 Å². The maximum absolute atomic E-state index is 11.3. The molecule has 0 aliphatic rings. The first-order valence-corrected chi connectivity index (χ1v) is 5.11. The first kappa shape index (κ1) is 11.3. The van der Waals surface area contributed by atoms with E-state index in [1.54, 1.807) is 25.2 Å². The number of aromatic amines is 1. The van der Waals surface area contributed by atoms with E-state index in [-0.39, 0.29) is 18.7 Å². The number of hydrogen-bond acceptors (Lipinski definition) is 3. The Bertz CT molecular complexity index is 611. The standard InChI is InChI=1S/C11H12N2O4/c1-13-9-6-7(17-5-4-10(14)15)2-3-8(9)12-11(13)16/h2-3,6H,4-5H2,1H3,(H,12,16)(H,14,15). The SMILES string of the molecule is Cn1c(=O)[nH]c2ccc(OCCC(=O)O)cc21. The summed E-state index contributed by atoms with van der Waals surface area (Å²) in [4.78, 5) is 24.4. The number of ether oxygens (including phenoxy) is 1. The number of rotatable bonds is 4. The molecule has 1 aromatic carbocycles. The van der Waals surface area contributed by atoms with Gasteiger partial charge in [0.25, 0.3) is 0 Å². The Kier molecular flexibility index (Phi) is 2.86. The van der Waals surface area contributed by atoms with Crippen LogP contribution in [0.2, 0.25) is 0 Å². The molecule has 2 N–H and O–H groups in total. The number of imidazole rings is 1. The number of aliphatic carboxylic acids is 1. The quantitative estimate of drug-likeness (QED) is 0.819. The third-order valence-electron chi connectivity index (χ3n) is 2.46. The van der Waals surface area contributed by atoms with Crippen LogP contribution in [0.4, 0.5) is 0 Å². The van der Waals surface area contributed by atoms with Crippen LogP contribution in [-0.2, 0) is 11.8 Å². The predicted molar refractivity (Wildman–Crippen MR) is 61.3 cm³/mol. The number of benzene rings is 1. The van der Waals surface area contributed by atoms with Gasteiger partial charge < -0.3 is 14.8 Å². The van der Waals surface area contributed by atoms with Crippen LogP contribution in [0.25, 0.3) is 11.0 Å². The van der Waals surface area contributed by atoms with Crippen LogP contribution in [-0.4, -0.2) is 27.2 Å². The molecule has 0 bridgehead atoms. The molecule has 6 nitrogen and oxygen atoms in total. The highest BCUT2D eigenvalue weighted by atomic mass is 16.5. The van der Waals surface area contributed by atoms with Gasteiger partial charge in [-0.2, -0.15) is 0 Å². The molecule has 0 aliphatic carbocycles. The number of fused-ring (bicyclic) bond motifs is 1. The van der Waals surface area contributed by atoms with Crippen LogP contribution in [0, 0.1) is 0 Å². The zero-order chi connectivity index (χ0) is 12.4. The molecule has 0 saturated carbocycles. The van der Waals surface area contributed by atoms with Gasteiger partial charge in [0, 0.05) is 13.1 Å². The van der Waals surface area contributed by atoms with E-state index in [1.807, 2.05) is 0 Å². The summed E-state index contributed by atoms with van der Waals surface area (Å²) in [6, 6.07) is 5.13. The van der Waals surface area contributed by atoms with Gasteiger partial charge in [0.15, 0.2) is 0 Å². The molecule has 90 valence electrons. The third kappa shape index (κ3) is 2.30. The van der Waals surface area contributed by atoms with E-state index in [0.717, 1.165) is 11.0 Å². The lowest BCUT2D eigenvalue weighted by atomic mass is 10.3. The van der Waals surface area contributed by atoms with Gasteiger partial charge in [0.2, 0.25) is 0 Å². The van der Waals surface area contributed by atoms with Crippen LogP contribution in [0.1, 0.15) is 6.42 Å². The van der Waals surface area contributed by atoms with Crippen molar-refractivity contribution in [2.75, 3.05) is 6.61 Å². The van der Waals surface area contributed by atoms with Crippen molar-refractivity contribution >= 4 is 17.0 Å². The Morgan fingerprint density at radius 3 is 3.00 bits per heavy atom. The smallest absolute Gasteiger partial charge is 0.326 e. The van der Waals surface area contributed by atoms with Crippen molar-refractivity contribution in [1.29, 1.82) is 0 Å². The normalized spacial score (nSPS) is 10.6. The third-order valence-corrected chi connectivity index (χ3v) is 2.46. The van der Waals surface area contributed by atoms with Gasteiger partial charge in [-0.25, -0.2) is 4.79 Å². The lowest BCUT2D eigenvalue weighted by Crippen LogP contribution is -2.11.